The number of nitriles is 1. The van der Waals surface area contributed by atoms with Crippen LogP contribution in [0.1, 0.15) is 68.3 Å². The number of fused-ring (bicyclic) bond motifs is 1. The fraction of sp³-hybridized carbons (Fsp3) is 0.536. The second kappa shape index (κ2) is 8.96. The molecule has 4 N–H and O–H groups in total. The Labute approximate surface area is 225 Å². The molecule has 3 aromatic rings. The SMILES string of the molecule is CC(C)(O)[C@H](F)CNC(=O)c1cnc(-n2ncc3cc(C#N)cnc32)cc1NC12CC3CC(CC(O)(C3)C1)C2. The van der Waals surface area contributed by atoms with Gasteiger partial charge in [-0.1, -0.05) is 0 Å². The summed E-state index contributed by atoms with van der Waals surface area (Å²) >= 11 is 0. The van der Waals surface area contributed by atoms with Crippen LogP contribution in [0.25, 0.3) is 16.9 Å². The van der Waals surface area contributed by atoms with Crippen LogP contribution >= 0.6 is 0 Å². The molecule has 3 heterocycles. The van der Waals surface area contributed by atoms with Crippen molar-refractivity contribution >= 4 is 22.6 Å². The third-order valence-electron chi connectivity index (χ3n) is 8.53. The predicted molar refractivity (Wildman–Crippen MR) is 141 cm³/mol. The normalized spacial score (nSPS) is 28.3. The lowest BCUT2D eigenvalue weighted by Gasteiger charge is -2.60. The smallest absolute Gasteiger partial charge is 0.255 e. The van der Waals surface area contributed by atoms with Gasteiger partial charge in [0, 0.05) is 29.4 Å². The predicted octanol–water partition coefficient (Wildman–Crippen LogP) is 3.02. The first-order chi connectivity index (χ1) is 18.5. The van der Waals surface area contributed by atoms with Crippen LogP contribution < -0.4 is 10.6 Å². The second-order valence-corrected chi connectivity index (χ2v) is 12.3. The molecule has 4 bridgehead atoms. The Balaban J connectivity index is 1.37. The molecule has 0 aliphatic heterocycles. The Morgan fingerprint density at radius 2 is 1.97 bits per heavy atom. The van der Waals surface area contributed by atoms with Crippen LogP contribution in [0.5, 0.6) is 0 Å². The van der Waals surface area contributed by atoms with E-state index in [0.29, 0.717) is 46.4 Å². The highest BCUT2D eigenvalue weighted by atomic mass is 19.1. The number of rotatable bonds is 7. The van der Waals surface area contributed by atoms with Gasteiger partial charge in [0.25, 0.3) is 5.91 Å². The minimum Gasteiger partial charge on any atom is -0.390 e. The van der Waals surface area contributed by atoms with E-state index in [0.717, 1.165) is 32.1 Å². The highest BCUT2D eigenvalue weighted by molar-refractivity contribution is 5.99. The molecule has 4 saturated carbocycles. The van der Waals surface area contributed by atoms with Crippen molar-refractivity contribution in [3.63, 3.8) is 0 Å². The summed E-state index contributed by atoms with van der Waals surface area (Å²) in [5.74, 6) is 0.753. The maximum Gasteiger partial charge on any atom is 0.255 e. The second-order valence-electron chi connectivity index (χ2n) is 12.3. The molecule has 0 radical (unpaired) electrons. The van der Waals surface area contributed by atoms with Crippen LogP contribution in [0.2, 0.25) is 0 Å². The number of amides is 1. The monoisotopic (exact) mass is 533 g/mol. The van der Waals surface area contributed by atoms with Crippen molar-refractivity contribution in [1.29, 1.82) is 5.26 Å². The zero-order chi connectivity index (χ0) is 27.6. The number of hydrogen-bond acceptors (Lipinski definition) is 8. The van der Waals surface area contributed by atoms with Crippen molar-refractivity contribution in [2.75, 3.05) is 11.9 Å². The summed E-state index contributed by atoms with van der Waals surface area (Å²) in [6.07, 6.45) is 7.99. The first-order valence-corrected chi connectivity index (χ1v) is 13.4. The number of aromatic nitrogens is 4. The van der Waals surface area contributed by atoms with Crippen molar-refractivity contribution in [2.45, 2.75) is 75.3 Å². The molecular formula is C28H32FN7O3. The van der Waals surface area contributed by atoms with Crippen molar-refractivity contribution in [2.24, 2.45) is 11.8 Å². The number of nitrogens with zero attached hydrogens (tertiary/aromatic N) is 5. The first kappa shape index (κ1) is 25.6. The molecule has 0 spiro atoms. The zero-order valence-corrected chi connectivity index (χ0v) is 22.0. The summed E-state index contributed by atoms with van der Waals surface area (Å²) in [7, 11) is 0. The number of halogens is 1. The molecular weight excluding hydrogens is 501 g/mol. The molecule has 2 unspecified atom stereocenters. The molecule has 3 aromatic heterocycles. The van der Waals surface area contributed by atoms with Crippen LogP contribution in [0, 0.1) is 23.2 Å². The van der Waals surface area contributed by atoms with Gasteiger partial charge in [0.15, 0.2) is 11.5 Å². The van der Waals surface area contributed by atoms with Gasteiger partial charge >= 0.3 is 0 Å². The third-order valence-corrected chi connectivity index (χ3v) is 8.53. The quantitative estimate of drug-likeness (QED) is 0.362. The van der Waals surface area contributed by atoms with E-state index in [-0.39, 0.29) is 17.6 Å². The number of hydrogen-bond donors (Lipinski definition) is 4. The Morgan fingerprint density at radius 3 is 2.64 bits per heavy atom. The van der Waals surface area contributed by atoms with Crippen LogP contribution in [0.3, 0.4) is 0 Å². The van der Waals surface area contributed by atoms with Gasteiger partial charge in [0.2, 0.25) is 0 Å². The number of nitrogens with one attached hydrogen (secondary N) is 2. The van der Waals surface area contributed by atoms with Crippen molar-refractivity contribution < 1.29 is 19.4 Å². The topological polar surface area (TPSA) is 149 Å². The van der Waals surface area contributed by atoms with Gasteiger partial charge in [-0.05, 0) is 70.3 Å². The highest BCUT2D eigenvalue weighted by Crippen LogP contribution is 2.58. The van der Waals surface area contributed by atoms with E-state index in [1.807, 2.05) is 0 Å². The summed E-state index contributed by atoms with van der Waals surface area (Å²) < 4.78 is 15.9. The summed E-state index contributed by atoms with van der Waals surface area (Å²) in [4.78, 5) is 22.1. The van der Waals surface area contributed by atoms with Crippen molar-refractivity contribution in [1.82, 2.24) is 25.1 Å². The van der Waals surface area contributed by atoms with Gasteiger partial charge in [-0.25, -0.2) is 14.4 Å². The number of carbonyl (C=O) groups excluding carboxylic acids is 1. The Kier molecular flexibility index (Phi) is 5.89. The van der Waals surface area contributed by atoms with Crippen molar-refractivity contribution in [3.05, 3.63) is 41.9 Å². The Morgan fingerprint density at radius 1 is 1.23 bits per heavy atom. The molecule has 4 aliphatic rings. The van der Waals surface area contributed by atoms with Crippen LogP contribution in [0.4, 0.5) is 10.1 Å². The number of alkyl halides is 1. The van der Waals surface area contributed by atoms with Gasteiger partial charge in [0.1, 0.15) is 12.2 Å². The first-order valence-electron chi connectivity index (χ1n) is 13.4. The molecule has 204 valence electrons. The molecule has 39 heavy (non-hydrogen) atoms. The van der Waals surface area contributed by atoms with E-state index in [2.05, 4.69) is 31.8 Å². The summed E-state index contributed by atoms with van der Waals surface area (Å²) in [5, 5.41) is 41.7. The molecule has 0 aromatic carbocycles. The third kappa shape index (κ3) is 4.72. The number of pyridine rings is 2. The van der Waals surface area contributed by atoms with E-state index >= 15 is 0 Å². The van der Waals surface area contributed by atoms with E-state index in [1.54, 1.807) is 23.0 Å². The van der Waals surface area contributed by atoms with Crippen LogP contribution in [-0.2, 0) is 0 Å². The molecule has 4 fully saturated rings. The fourth-order valence-corrected chi connectivity index (χ4v) is 7.17. The minimum atomic E-state index is -1.65. The summed E-state index contributed by atoms with van der Waals surface area (Å²) in [6, 6.07) is 5.49. The molecule has 11 heteroatoms. The van der Waals surface area contributed by atoms with E-state index < -0.39 is 23.3 Å². The fourth-order valence-electron chi connectivity index (χ4n) is 7.17. The van der Waals surface area contributed by atoms with Gasteiger partial charge in [-0.3, -0.25) is 4.79 Å². The van der Waals surface area contributed by atoms with Crippen molar-refractivity contribution in [3.8, 4) is 11.9 Å². The maximum absolute atomic E-state index is 14.4. The summed E-state index contributed by atoms with van der Waals surface area (Å²) in [5.41, 5.74) is -0.983. The summed E-state index contributed by atoms with van der Waals surface area (Å²) in [6.45, 7) is 2.35. The number of carbonyl (C=O) groups is 1. The average molecular weight is 534 g/mol. The van der Waals surface area contributed by atoms with E-state index in [9.17, 15) is 24.7 Å². The van der Waals surface area contributed by atoms with Gasteiger partial charge in [-0.2, -0.15) is 15.0 Å². The lowest BCUT2D eigenvalue weighted by Crippen LogP contribution is -2.62. The Bertz CT molecular complexity index is 1480. The molecule has 1 amide bonds. The van der Waals surface area contributed by atoms with Gasteiger partial charge < -0.3 is 20.8 Å². The molecule has 0 saturated heterocycles. The zero-order valence-electron chi connectivity index (χ0n) is 22.0. The molecule has 4 aliphatic carbocycles. The number of anilines is 1. The molecule has 10 nitrogen and oxygen atoms in total. The lowest BCUT2D eigenvalue weighted by atomic mass is 9.51. The lowest BCUT2D eigenvalue weighted by molar-refractivity contribution is -0.127. The largest absolute Gasteiger partial charge is 0.390 e. The number of aliphatic hydroxyl groups is 2. The Hall–Kier alpha value is -3.62. The standard InChI is InChI=1S/C28H32FN7O3/c1-26(2,38)22(29)14-33-25(37)20-13-31-23(36-24-19(12-34-36)4-18(10-30)11-32-24)5-21(20)35-27-6-16-3-17(7-27)9-28(39,8-16)15-27/h4-5,11-13,16-17,22,38-39H,3,6-9,14-15H2,1-2H3,(H,31,35)(H,33,37)/t16?,17?,22-,27?,28?/m1/s1. The van der Waals surface area contributed by atoms with E-state index in [4.69, 9.17) is 0 Å². The highest BCUT2D eigenvalue weighted by Gasteiger charge is 2.57. The van der Waals surface area contributed by atoms with Gasteiger partial charge in [-0.15, -0.1) is 0 Å². The van der Waals surface area contributed by atoms with E-state index in [1.165, 1.54) is 26.2 Å². The molecule has 7 rings (SSSR count). The maximum atomic E-state index is 14.4. The van der Waals surface area contributed by atoms with Gasteiger partial charge in [0.05, 0.1) is 40.8 Å². The average Bonchev–Trinajstić information content (AvgIpc) is 3.28. The molecule has 3 atom stereocenters. The minimum absolute atomic E-state index is 0.237. The van der Waals surface area contributed by atoms with Crippen LogP contribution in [0.15, 0.2) is 30.7 Å². The van der Waals surface area contributed by atoms with Crippen LogP contribution in [-0.4, -0.2) is 65.3 Å².